The molecule has 0 spiro atoms. The van der Waals surface area contributed by atoms with Crippen molar-refractivity contribution in [1.29, 1.82) is 0 Å². The van der Waals surface area contributed by atoms with Crippen molar-refractivity contribution in [2.45, 2.75) is 69.7 Å². The second kappa shape index (κ2) is 5.44. The highest BCUT2D eigenvalue weighted by atomic mass is 14.9. The fraction of sp³-hybridized carbons (Fsp3) is 0.765. The molecule has 1 atom stereocenters. The molecule has 0 aromatic carbocycles. The first-order valence-electron chi connectivity index (χ1n) is 8.46. The van der Waals surface area contributed by atoms with Crippen LogP contribution >= 0.6 is 0 Å². The van der Waals surface area contributed by atoms with Gasteiger partial charge in [0, 0.05) is 23.9 Å². The lowest BCUT2D eigenvalue weighted by Gasteiger charge is -2.24. The van der Waals surface area contributed by atoms with Gasteiger partial charge in [0.25, 0.3) is 0 Å². The van der Waals surface area contributed by atoms with E-state index in [9.17, 15) is 0 Å². The topological polar surface area (TPSA) is 37.8 Å². The van der Waals surface area contributed by atoms with E-state index in [1.165, 1.54) is 69.2 Å². The Morgan fingerprint density at radius 1 is 1.10 bits per heavy atom. The Hall–Kier alpha value is -0.960. The van der Waals surface area contributed by atoms with Crippen molar-refractivity contribution in [2.75, 3.05) is 6.54 Å². The Morgan fingerprint density at radius 2 is 1.95 bits per heavy atom. The molecule has 1 heterocycles. The molecule has 1 N–H and O–H groups in total. The fourth-order valence-corrected chi connectivity index (χ4v) is 3.77. The summed E-state index contributed by atoms with van der Waals surface area (Å²) in [5.74, 6) is 2.58. The number of rotatable bonds is 4. The summed E-state index contributed by atoms with van der Waals surface area (Å²) in [6.45, 7) is 1.19. The lowest BCUT2D eigenvalue weighted by atomic mass is 9.87. The van der Waals surface area contributed by atoms with Crippen molar-refractivity contribution in [3.8, 4) is 0 Å². The molecule has 108 valence electrons. The summed E-state index contributed by atoms with van der Waals surface area (Å²) in [6, 6.07) is 0.831. The number of hydrogen-bond donors (Lipinski definition) is 1. The smallest absolute Gasteiger partial charge is 0.131 e. The van der Waals surface area contributed by atoms with Crippen molar-refractivity contribution in [1.82, 2.24) is 15.3 Å². The van der Waals surface area contributed by atoms with Gasteiger partial charge in [-0.05, 0) is 63.0 Å². The second-order valence-corrected chi connectivity index (χ2v) is 6.97. The van der Waals surface area contributed by atoms with Gasteiger partial charge in [-0.1, -0.05) is 12.8 Å². The third-order valence-corrected chi connectivity index (χ3v) is 5.26. The van der Waals surface area contributed by atoms with E-state index in [0.29, 0.717) is 5.92 Å². The van der Waals surface area contributed by atoms with E-state index in [-0.39, 0.29) is 0 Å². The van der Waals surface area contributed by atoms with Crippen molar-refractivity contribution < 1.29 is 0 Å². The lowest BCUT2D eigenvalue weighted by Crippen LogP contribution is -2.29. The zero-order valence-electron chi connectivity index (χ0n) is 12.3. The van der Waals surface area contributed by atoms with Crippen LogP contribution in [0.3, 0.4) is 0 Å². The first kappa shape index (κ1) is 12.8. The third kappa shape index (κ3) is 2.73. The molecule has 0 saturated heterocycles. The summed E-state index contributed by atoms with van der Waals surface area (Å²) in [5, 5.41) is 3.67. The highest BCUT2D eigenvalue weighted by Crippen LogP contribution is 2.33. The first-order chi connectivity index (χ1) is 9.88. The molecule has 4 rings (SSSR count). The van der Waals surface area contributed by atoms with E-state index in [1.54, 1.807) is 0 Å². The molecule has 1 aromatic heterocycles. The quantitative estimate of drug-likeness (QED) is 0.915. The van der Waals surface area contributed by atoms with Crippen molar-refractivity contribution in [3.05, 3.63) is 23.3 Å². The predicted molar refractivity (Wildman–Crippen MR) is 79.8 cm³/mol. The summed E-state index contributed by atoms with van der Waals surface area (Å²) in [5.41, 5.74) is 2.77. The van der Waals surface area contributed by atoms with Crippen molar-refractivity contribution in [3.63, 3.8) is 0 Å². The molecule has 0 amide bonds. The Kier molecular flexibility index (Phi) is 3.47. The van der Waals surface area contributed by atoms with E-state index in [2.05, 4.69) is 16.5 Å². The number of aryl methyl sites for hydroxylation is 1. The van der Waals surface area contributed by atoms with Gasteiger partial charge in [0.2, 0.25) is 0 Å². The van der Waals surface area contributed by atoms with Crippen LogP contribution in [0.15, 0.2) is 6.20 Å². The van der Waals surface area contributed by atoms with E-state index in [0.717, 1.165) is 24.2 Å². The van der Waals surface area contributed by atoms with E-state index in [1.807, 2.05) is 0 Å². The molecule has 3 aliphatic rings. The number of fused-ring (bicyclic) bond motifs is 1. The van der Waals surface area contributed by atoms with Crippen LogP contribution in [0, 0.1) is 5.92 Å². The number of nitrogens with zero attached hydrogens (tertiary/aromatic N) is 2. The normalized spacial score (nSPS) is 26.7. The average Bonchev–Trinajstić information content (AvgIpc) is 3.16. The van der Waals surface area contributed by atoms with Gasteiger partial charge >= 0.3 is 0 Å². The minimum absolute atomic E-state index is 0.648. The average molecular weight is 271 g/mol. The van der Waals surface area contributed by atoms with Gasteiger partial charge in [0.05, 0.1) is 0 Å². The molecule has 3 aliphatic carbocycles. The lowest BCUT2D eigenvalue weighted by molar-refractivity contribution is 0.416. The van der Waals surface area contributed by atoms with Crippen LogP contribution in [0.25, 0.3) is 0 Å². The Bertz CT molecular complexity index is 475. The van der Waals surface area contributed by atoms with Crippen LogP contribution in [0.2, 0.25) is 0 Å². The molecule has 0 aliphatic heterocycles. The number of nitrogens with one attached hydrogen (secondary N) is 1. The molecule has 1 unspecified atom stereocenters. The standard InChI is InChI=1S/C17H25N3/c1-2-4-13(3-1)17-19-11-14-9-12(5-8-16(14)20-17)10-18-15-6-7-15/h11-13,15,18H,1-10H2. The third-order valence-electron chi connectivity index (χ3n) is 5.26. The highest BCUT2D eigenvalue weighted by molar-refractivity contribution is 5.22. The Balaban J connectivity index is 1.42. The minimum Gasteiger partial charge on any atom is -0.314 e. The maximum atomic E-state index is 4.91. The van der Waals surface area contributed by atoms with E-state index < -0.39 is 0 Å². The zero-order chi connectivity index (χ0) is 13.4. The van der Waals surface area contributed by atoms with Crippen molar-refractivity contribution >= 4 is 0 Å². The van der Waals surface area contributed by atoms with Crippen molar-refractivity contribution in [2.24, 2.45) is 5.92 Å². The van der Waals surface area contributed by atoms with Gasteiger partial charge < -0.3 is 5.32 Å². The van der Waals surface area contributed by atoms with Crippen LogP contribution in [0.4, 0.5) is 0 Å². The summed E-state index contributed by atoms with van der Waals surface area (Å²) in [7, 11) is 0. The molecule has 0 radical (unpaired) electrons. The zero-order valence-corrected chi connectivity index (χ0v) is 12.3. The van der Waals surface area contributed by atoms with Crippen LogP contribution in [0.5, 0.6) is 0 Å². The molecule has 2 fully saturated rings. The largest absolute Gasteiger partial charge is 0.314 e. The molecule has 2 saturated carbocycles. The second-order valence-electron chi connectivity index (χ2n) is 6.97. The monoisotopic (exact) mass is 271 g/mol. The number of aromatic nitrogens is 2. The van der Waals surface area contributed by atoms with E-state index in [4.69, 9.17) is 4.98 Å². The first-order valence-corrected chi connectivity index (χ1v) is 8.46. The highest BCUT2D eigenvalue weighted by Gasteiger charge is 2.26. The molecule has 20 heavy (non-hydrogen) atoms. The summed E-state index contributed by atoms with van der Waals surface area (Å²) in [6.07, 6.45) is 13.9. The Labute approximate surface area is 121 Å². The van der Waals surface area contributed by atoms with Gasteiger partial charge in [0.15, 0.2) is 0 Å². The molecule has 0 bridgehead atoms. The van der Waals surface area contributed by atoms with E-state index >= 15 is 0 Å². The summed E-state index contributed by atoms with van der Waals surface area (Å²) in [4.78, 5) is 9.59. The van der Waals surface area contributed by atoms with Gasteiger partial charge in [-0.25, -0.2) is 9.97 Å². The minimum atomic E-state index is 0.648. The summed E-state index contributed by atoms with van der Waals surface area (Å²) >= 11 is 0. The molecule has 3 nitrogen and oxygen atoms in total. The van der Waals surface area contributed by atoms with Crippen LogP contribution in [-0.4, -0.2) is 22.6 Å². The molecular weight excluding hydrogens is 246 g/mol. The van der Waals surface area contributed by atoms with Crippen LogP contribution in [-0.2, 0) is 12.8 Å². The maximum absolute atomic E-state index is 4.91. The predicted octanol–water partition coefficient (Wildman–Crippen LogP) is 2.99. The molecule has 3 heteroatoms. The fourth-order valence-electron chi connectivity index (χ4n) is 3.77. The van der Waals surface area contributed by atoms with Gasteiger partial charge in [-0.3, -0.25) is 0 Å². The van der Waals surface area contributed by atoms with Crippen LogP contribution < -0.4 is 5.32 Å². The van der Waals surface area contributed by atoms with Crippen LogP contribution in [0.1, 0.15) is 67.9 Å². The van der Waals surface area contributed by atoms with Gasteiger partial charge in [0.1, 0.15) is 5.82 Å². The number of hydrogen-bond acceptors (Lipinski definition) is 3. The summed E-state index contributed by atoms with van der Waals surface area (Å²) < 4.78 is 0. The van der Waals surface area contributed by atoms with Gasteiger partial charge in [-0.15, -0.1) is 0 Å². The molecule has 1 aromatic rings. The Morgan fingerprint density at radius 3 is 2.75 bits per heavy atom. The van der Waals surface area contributed by atoms with Gasteiger partial charge in [-0.2, -0.15) is 0 Å². The maximum Gasteiger partial charge on any atom is 0.131 e. The molecular formula is C17H25N3. The SMILES string of the molecule is c1nc(C2CCCC2)nc2c1CC(CNC1CC1)CC2.